The lowest BCUT2D eigenvalue weighted by Crippen LogP contribution is -2.55. The number of hydrogen-bond donors (Lipinski definition) is 0. The van der Waals surface area contributed by atoms with Crippen LogP contribution in [0.25, 0.3) is 0 Å². The molecule has 0 aliphatic carbocycles. The van der Waals surface area contributed by atoms with Crippen LogP contribution < -0.4 is 4.74 Å². The summed E-state index contributed by atoms with van der Waals surface area (Å²) in [6.45, 7) is 8.17. The molecule has 1 amide bonds. The Morgan fingerprint density at radius 1 is 1.00 bits per heavy atom. The third-order valence-electron chi connectivity index (χ3n) is 6.20. The fourth-order valence-corrected chi connectivity index (χ4v) is 4.67. The third kappa shape index (κ3) is 4.21. The lowest BCUT2D eigenvalue weighted by Gasteiger charge is -2.41. The molecule has 0 N–H and O–H groups in total. The van der Waals surface area contributed by atoms with Gasteiger partial charge in [-0.1, -0.05) is 35.4 Å². The van der Waals surface area contributed by atoms with E-state index in [1.807, 2.05) is 42.2 Å². The average Bonchev–Trinajstić information content (AvgIpc) is 2.94. The highest BCUT2D eigenvalue weighted by molar-refractivity contribution is 6.31. The van der Waals surface area contributed by atoms with Crippen LogP contribution in [-0.2, 0) is 0 Å². The molecular formula is C27H26ClN3O2. The first-order valence-corrected chi connectivity index (χ1v) is 11.6. The van der Waals surface area contributed by atoms with E-state index in [1.54, 1.807) is 12.1 Å². The Balaban J connectivity index is 1.47. The van der Waals surface area contributed by atoms with E-state index in [1.165, 1.54) is 0 Å². The minimum absolute atomic E-state index is 0.00727. The molecule has 1 unspecified atom stereocenters. The van der Waals surface area contributed by atoms with Crippen LogP contribution in [0.4, 0.5) is 5.69 Å². The first-order chi connectivity index (χ1) is 15.9. The quantitative estimate of drug-likeness (QED) is 0.449. The van der Waals surface area contributed by atoms with Gasteiger partial charge in [0.15, 0.2) is 5.75 Å². The number of halogens is 1. The van der Waals surface area contributed by atoms with Gasteiger partial charge in [0.25, 0.3) is 5.91 Å². The lowest BCUT2D eigenvalue weighted by molar-refractivity contribution is 0.0581. The van der Waals surface area contributed by atoms with Crippen molar-refractivity contribution in [1.29, 1.82) is 0 Å². The van der Waals surface area contributed by atoms with Gasteiger partial charge in [-0.05, 0) is 68.8 Å². The van der Waals surface area contributed by atoms with Crippen LogP contribution in [0.3, 0.4) is 0 Å². The number of hydrogen-bond acceptors (Lipinski definition) is 4. The molecule has 0 saturated carbocycles. The summed E-state index contributed by atoms with van der Waals surface area (Å²) in [7, 11) is 0. The van der Waals surface area contributed by atoms with Gasteiger partial charge in [0.2, 0.25) is 0 Å². The second kappa shape index (κ2) is 8.56. The molecule has 3 aromatic carbocycles. The number of carbonyl (C=O) groups is 1. The number of fused-ring (bicyclic) bond motifs is 2. The molecule has 168 valence electrons. The molecule has 2 aliphatic rings. The average molecular weight is 460 g/mol. The van der Waals surface area contributed by atoms with Crippen molar-refractivity contribution in [2.24, 2.45) is 4.99 Å². The molecule has 0 aromatic heterocycles. The number of piperazine rings is 1. The SMILES string of the molecule is Cc1ccc2c(c1)Oc1ccc(C)cc1C(N1CCN(C(=O)c3cccc(Cl)c3)C(C)C1)=N2. The van der Waals surface area contributed by atoms with E-state index in [0.29, 0.717) is 30.2 Å². The van der Waals surface area contributed by atoms with Crippen molar-refractivity contribution in [3.63, 3.8) is 0 Å². The normalized spacial score (nSPS) is 17.5. The van der Waals surface area contributed by atoms with Crippen LogP contribution in [0.15, 0.2) is 65.7 Å². The maximum atomic E-state index is 13.1. The van der Waals surface area contributed by atoms with Gasteiger partial charge >= 0.3 is 0 Å². The summed E-state index contributed by atoms with van der Waals surface area (Å²) in [4.78, 5) is 22.4. The maximum Gasteiger partial charge on any atom is 0.254 e. The van der Waals surface area contributed by atoms with E-state index in [2.05, 4.69) is 36.9 Å². The van der Waals surface area contributed by atoms with Gasteiger partial charge in [-0.15, -0.1) is 0 Å². The molecule has 33 heavy (non-hydrogen) atoms. The summed E-state index contributed by atoms with van der Waals surface area (Å²) in [5.74, 6) is 2.46. The summed E-state index contributed by atoms with van der Waals surface area (Å²) in [5, 5.41) is 0.570. The summed E-state index contributed by atoms with van der Waals surface area (Å²) in [6.07, 6.45) is 0. The van der Waals surface area contributed by atoms with Crippen molar-refractivity contribution in [3.8, 4) is 11.5 Å². The van der Waals surface area contributed by atoms with Gasteiger partial charge in [-0.25, -0.2) is 4.99 Å². The van der Waals surface area contributed by atoms with Crippen molar-refractivity contribution >= 4 is 29.0 Å². The van der Waals surface area contributed by atoms with Gasteiger partial charge < -0.3 is 14.5 Å². The highest BCUT2D eigenvalue weighted by Gasteiger charge is 2.32. The fraction of sp³-hybridized carbons (Fsp3) is 0.259. The van der Waals surface area contributed by atoms with Gasteiger partial charge in [-0.2, -0.15) is 0 Å². The van der Waals surface area contributed by atoms with E-state index < -0.39 is 0 Å². The number of aliphatic imine (C=N–C) groups is 1. The Morgan fingerprint density at radius 2 is 1.79 bits per heavy atom. The van der Waals surface area contributed by atoms with Gasteiger partial charge in [-0.3, -0.25) is 4.79 Å². The number of benzene rings is 3. The predicted molar refractivity (Wildman–Crippen MR) is 132 cm³/mol. The zero-order valence-corrected chi connectivity index (χ0v) is 19.8. The highest BCUT2D eigenvalue weighted by Crippen LogP contribution is 2.39. The molecule has 2 heterocycles. The molecule has 1 fully saturated rings. The molecular weight excluding hydrogens is 434 g/mol. The Morgan fingerprint density at radius 3 is 2.58 bits per heavy atom. The fourth-order valence-electron chi connectivity index (χ4n) is 4.48. The van der Waals surface area contributed by atoms with Crippen LogP contribution in [0.1, 0.15) is 34.0 Å². The topological polar surface area (TPSA) is 45.1 Å². The molecule has 5 nitrogen and oxygen atoms in total. The molecule has 0 radical (unpaired) electrons. The standard InChI is InChI=1S/C27H26ClN3O2/c1-17-8-10-24-22(13-17)26(29-23-9-7-18(2)14-25(23)33-24)30-11-12-31(19(3)16-30)27(32)20-5-4-6-21(28)15-20/h4-10,13-15,19H,11-12,16H2,1-3H3. The van der Waals surface area contributed by atoms with Crippen molar-refractivity contribution in [1.82, 2.24) is 9.80 Å². The van der Waals surface area contributed by atoms with Crippen molar-refractivity contribution < 1.29 is 9.53 Å². The van der Waals surface area contributed by atoms with Gasteiger partial charge in [0, 0.05) is 36.3 Å². The molecule has 6 heteroatoms. The van der Waals surface area contributed by atoms with Crippen molar-refractivity contribution in [3.05, 3.63) is 87.9 Å². The van der Waals surface area contributed by atoms with Crippen LogP contribution in [0.2, 0.25) is 5.02 Å². The first kappa shape index (κ1) is 21.5. The number of amidine groups is 1. The molecule has 0 spiro atoms. The predicted octanol–water partition coefficient (Wildman–Crippen LogP) is 5.99. The molecule has 1 saturated heterocycles. The van der Waals surface area contributed by atoms with Crippen molar-refractivity contribution in [2.75, 3.05) is 19.6 Å². The summed E-state index contributed by atoms with van der Waals surface area (Å²) in [6, 6.07) is 19.4. The minimum Gasteiger partial charge on any atom is -0.454 e. The number of nitrogens with zero attached hydrogens (tertiary/aromatic N) is 3. The Kier molecular flexibility index (Phi) is 5.59. The van der Waals surface area contributed by atoms with E-state index >= 15 is 0 Å². The Labute approximate surface area is 199 Å². The van der Waals surface area contributed by atoms with E-state index in [9.17, 15) is 4.79 Å². The number of amides is 1. The van der Waals surface area contributed by atoms with Crippen LogP contribution >= 0.6 is 11.6 Å². The maximum absolute atomic E-state index is 13.1. The second-order valence-electron chi connectivity index (χ2n) is 8.81. The Hall–Kier alpha value is -3.31. The number of ether oxygens (including phenoxy) is 1. The van der Waals surface area contributed by atoms with Crippen molar-refractivity contribution in [2.45, 2.75) is 26.8 Å². The molecule has 1 atom stereocenters. The molecule has 3 aromatic rings. The van der Waals surface area contributed by atoms with Gasteiger partial charge in [0.1, 0.15) is 17.3 Å². The smallest absolute Gasteiger partial charge is 0.254 e. The van der Waals surface area contributed by atoms with Crippen LogP contribution in [0.5, 0.6) is 11.5 Å². The minimum atomic E-state index is 0.00727. The van der Waals surface area contributed by atoms with Gasteiger partial charge in [0.05, 0.1) is 5.56 Å². The summed E-state index contributed by atoms with van der Waals surface area (Å²) in [5.41, 5.74) is 4.69. The summed E-state index contributed by atoms with van der Waals surface area (Å²) >= 11 is 6.11. The van der Waals surface area contributed by atoms with Crippen LogP contribution in [0, 0.1) is 13.8 Å². The number of rotatable bonds is 1. The Bertz CT molecular complexity index is 1270. The molecule has 2 aliphatic heterocycles. The second-order valence-corrected chi connectivity index (χ2v) is 9.25. The molecule has 5 rings (SSSR count). The monoisotopic (exact) mass is 459 g/mol. The number of aryl methyl sites for hydroxylation is 2. The lowest BCUT2D eigenvalue weighted by atomic mass is 10.1. The zero-order valence-electron chi connectivity index (χ0n) is 19.0. The third-order valence-corrected chi connectivity index (χ3v) is 6.43. The molecule has 0 bridgehead atoms. The zero-order chi connectivity index (χ0) is 23.1. The van der Waals surface area contributed by atoms with E-state index in [-0.39, 0.29) is 11.9 Å². The first-order valence-electron chi connectivity index (χ1n) is 11.2. The van der Waals surface area contributed by atoms with E-state index in [0.717, 1.165) is 39.7 Å². The van der Waals surface area contributed by atoms with E-state index in [4.69, 9.17) is 21.3 Å². The number of carbonyl (C=O) groups excluding carboxylic acids is 1. The highest BCUT2D eigenvalue weighted by atomic mass is 35.5. The van der Waals surface area contributed by atoms with Crippen LogP contribution in [-0.4, -0.2) is 47.2 Å². The largest absolute Gasteiger partial charge is 0.454 e. The summed E-state index contributed by atoms with van der Waals surface area (Å²) < 4.78 is 6.30.